The molecule has 1 rings (SSSR count). The lowest BCUT2D eigenvalue weighted by atomic mass is 10.2. The van der Waals surface area contributed by atoms with Crippen LogP contribution >= 0.6 is 0 Å². The third-order valence-corrected chi connectivity index (χ3v) is 2.63. The summed E-state index contributed by atoms with van der Waals surface area (Å²) in [6, 6.07) is -1.47. The molecule has 0 heterocycles. The second kappa shape index (κ2) is 7.57. The Morgan fingerprint density at radius 3 is 2.37 bits per heavy atom. The number of amides is 2. The van der Waals surface area contributed by atoms with Crippen molar-refractivity contribution >= 4 is 18.0 Å². The number of carbonyl (C=O) groups excluding carboxylic acids is 1. The number of urea groups is 1. The van der Waals surface area contributed by atoms with Crippen molar-refractivity contribution in [2.75, 3.05) is 13.1 Å². The molecule has 5 N–H and O–H groups in total. The molecule has 1 aliphatic carbocycles. The molecule has 8 nitrogen and oxygen atoms in total. The largest absolute Gasteiger partial charge is 0.481 e. The smallest absolute Gasteiger partial charge is 0.326 e. The summed E-state index contributed by atoms with van der Waals surface area (Å²) in [6.45, 7) is 1.20. The molecule has 0 aromatic carbocycles. The molecule has 1 atom stereocenters. The molecule has 0 aliphatic heterocycles. The van der Waals surface area contributed by atoms with Gasteiger partial charge in [0.15, 0.2) is 0 Å². The van der Waals surface area contributed by atoms with Crippen LogP contribution in [0.1, 0.15) is 25.7 Å². The van der Waals surface area contributed by atoms with Gasteiger partial charge in [-0.15, -0.1) is 0 Å². The maximum Gasteiger partial charge on any atom is 0.326 e. The van der Waals surface area contributed by atoms with Crippen molar-refractivity contribution in [3.63, 3.8) is 0 Å². The number of carboxylic acids is 2. The van der Waals surface area contributed by atoms with Crippen LogP contribution in [0.15, 0.2) is 0 Å². The quantitative estimate of drug-likeness (QED) is 0.355. The molecule has 1 saturated carbocycles. The maximum absolute atomic E-state index is 11.3. The Kier molecular flexibility index (Phi) is 6.07. The fourth-order valence-corrected chi connectivity index (χ4v) is 1.47. The number of carboxylic acid groups (broad SMARTS) is 2. The molecule has 1 aliphatic rings. The van der Waals surface area contributed by atoms with Crippen molar-refractivity contribution < 1.29 is 24.6 Å². The second-order valence-corrected chi connectivity index (χ2v) is 4.47. The Morgan fingerprint density at radius 1 is 1.16 bits per heavy atom. The molecule has 0 radical (unpaired) electrons. The Balaban J connectivity index is 2.12. The molecule has 0 saturated heterocycles. The van der Waals surface area contributed by atoms with Crippen molar-refractivity contribution in [1.82, 2.24) is 16.0 Å². The molecule has 2 amide bonds. The highest BCUT2D eigenvalue weighted by Gasteiger charge is 2.23. The average Bonchev–Trinajstić information content (AvgIpc) is 3.11. The zero-order valence-electron chi connectivity index (χ0n) is 10.5. The lowest BCUT2D eigenvalue weighted by Crippen LogP contribution is -2.47. The summed E-state index contributed by atoms with van der Waals surface area (Å²) in [5.41, 5.74) is 0. The monoisotopic (exact) mass is 273 g/mol. The van der Waals surface area contributed by atoms with Gasteiger partial charge in [0.05, 0.1) is 6.42 Å². The highest BCUT2D eigenvalue weighted by atomic mass is 16.4. The fraction of sp³-hybridized carbons (Fsp3) is 0.727. The van der Waals surface area contributed by atoms with Crippen LogP contribution in [-0.4, -0.2) is 53.4 Å². The topological polar surface area (TPSA) is 128 Å². The highest BCUT2D eigenvalue weighted by Crippen LogP contribution is 2.18. The first-order valence-electron chi connectivity index (χ1n) is 6.21. The van der Waals surface area contributed by atoms with E-state index < -0.39 is 30.4 Å². The van der Waals surface area contributed by atoms with Crippen LogP contribution in [-0.2, 0) is 9.59 Å². The van der Waals surface area contributed by atoms with Gasteiger partial charge in [-0.2, -0.15) is 0 Å². The van der Waals surface area contributed by atoms with Crippen LogP contribution in [0.5, 0.6) is 0 Å². The van der Waals surface area contributed by atoms with Gasteiger partial charge in [0, 0.05) is 12.6 Å². The number of hydrogen-bond donors (Lipinski definition) is 5. The molecule has 0 spiro atoms. The first kappa shape index (κ1) is 15.2. The van der Waals surface area contributed by atoms with E-state index in [2.05, 4.69) is 16.0 Å². The Labute approximate surface area is 110 Å². The van der Waals surface area contributed by atoms with Gasteiger partial charge in [0.25, 0.3) is 0 Å². The number of nitrogens with one attached hydrogen (secondary N) is 3. The SMILES string of the molecule is O=C(O)CC(NC(=O)NCCCNC1CC1)C(=O)O. The summed E-state index contributed by atoms with van der Waals surface area (Å²) in [6.07, 6.45) is 2.49. The standard InChI is InChI=1S/C11H19N3O5/c15-9(16)6-8(10(17)18)14-11(19)13-5-1-4-12-7-2-3-7/h7-8,12H,1-6H2,(H,15,16)(H,17,18)(H2,13,14,19). The minimum Gasteiger partial charge on any atom is -0.481 e. The summed E-state index contributed by atoms with van der Waals surface area (Å²) in [5.74, 6) is -2.64. The number of hydrogen-bond acceptors (Lipinski definition) is 4. The lowest BCUT2D eigenvalue weighted by Gasteiger charge is -2.13. The molecule has 1 fully saturated rings. The summed E-state index contributed by atoms with van der Waals surface area (Å²) in [4.78, 5) is 32.5. The van der Waals surface area contributed by atoms with Crippen LogP contribution in [0, 0.1) is 0 Å². The van der Waals surface area contributed by atoms with Gasteiger partial charge < -0.3 is 26.2 Å². The molecule has 0 aromatic rings. The molecular weight excluding hydrogens is 254 g/mol. The van der Waals surface area contributed by atoms with Crippen molar-refractivity contribution in [3.8, 4) is 0 Å². The predicted molar refractivity (Wildman–Crippen MR) is 65.9 cm³/mol. The van der Waals surface area contributed by atoms with E-state index in [4.69, 9.17) is 10.2 Å². The Hall–Kier alpha value is -1.83. The van der Waals surface area contributed by atoms with E-state index in [0.29, 0.717) is 12.6 Å². The summed E-state index contributed by atoms with van der Waals surface area (Å²) < 4.78 is 0. The molecule has 0 aromatic heterocycles. The zero-order chi connectivity index (χ0) is 14.3. The van der Waals surface area contributed by atoms with E-state index in [1.54, 1.807) is 0 Å². The van der Waals surface area contributed by atoms with Crippen molar-refractivity contribution in [1.29, 1.82) is 0 Å². The first-order valence-corrected chi connectivity index (χ1v) is 6.21. The minimum atomic E-state index is -1.41. The molecule has 108 valence electrons. The van der Waals surface area contributed by atoms with E-state index in [1.807, 2.05) is 0 Å². The van der Waals surface area contributed by atoms with Crippen LogP contribution in [0.2, 0.25) is 0 Å². The first-order chi connectivity index (χ1) is 8.99. The maximum atomic E-state index is 11.3. The van der Waals surface area contributed by atoms with Crippen LogP contribution < -0.4 is 16.0 Å². The van der Waals surface area contributed by atoms with E-state index >= 15 is 0 Å². The van der Waals surface area contributed by atoms with Gasteiger partial charge in [-0.05, 0) is 25.8 Å². The van der Waals surface area contributed by atoms with Crippen molar-refractivity contribution in [2.45, 2.75) is 37.8 Å². The Bertz CT molecular complexity index is 343. The number of rotatable bonds is 9. The van der Waals surface area contributed by atoms with E-state index in [-0.39, 0.29) is 0 Å². The van der Waals surface area contributed by atoms with Gasteiger partial charge in [-0.3, -0.25) is 4.79 Å². The zero-order valence-corrected chi connectivity index (χ0v) is 10.5. The summed E-state index contributed by atoms with van der Waals surface area (Å²) in [5, 5.41) is 25.1. The second-order valence-electron chi connectivity index (χ2n) is 4.47. The van der Waals surface area contributed by atoms with E-state index in [9.17, 15) is 14.4 Å². The van der Waals surface area contributed by atoms with Crippen LogP contribution in [0.3, 0.4) is 0 Å². The molecule has 19 heavy (non-hydrogen) atoms. The highest BCUT2D eigenvalue weighted by molar-refractivity contribution is 5.86. The molecular formula is C11H19N3O5. The Morgan fingerprint density at radius 2 is 1.84 bits per heavy atom. The van der Waals surface area contributed by atoms with Gasteiger partial charge in [-0.1, -0.05) is 0 Å². The lowest BCUT2D eigenvalue weighted by molar-refractivity contribution is -0.145. The molecule has 0 bridgehead atoms. The molecule has 1 unspecified atom stereocenters. The van der Waals surface area contributed by atoms with Gasteiger partial charge in [0.2, 0.25) is 0 Å². The summed E-state index contributed by atoms with van der Waals surface area (Å²) >= 11 is 0. The van der Waals surface area contributed by atoms with E-state index in [1.165, 1.54) is 12.8 Å². The number of aliphatic carboxylic acids is 2. The van der Waals surface area contributed by atoms with Crippen LogP contribution in [0.4, 0.5) is 4.79 Å². The normalized spacial score (nSPS) is 15.6. The number of carbonyl (C=O) groups is 3. The van der Waals surface area contributed by atoms with Crippen molar-refractivity contribution in [3.05, 3.63) is 0 Å². The van der Waals surface area contributed by atoms with Gasteiger partial charge >= 0.3 is 18.0 Å². The third-order valence-electron chi connectivity index (χ3n) is 2.63. The van der Waals surface area contributed by atoms with E-state index in [0.717, 1.165) is 13.0 Å². The fourth-order valence-electron chi connectivity index (χ4n) is 1.47. The molecule has 8 heteroatoms. The van der Waals surface area contributed by atoms with Gasteiger partial charge in [0.1, 0.15) is 6.04 Å². The van der Waals surface area contributed by atoms with Crippen LogP contribution in [0.25, 0.3) is 0 Å². The van der Waals surface area contributed by atoms with Crippen molar-refractivity contribution in [2.24, 2.45) is 0 Å². The van der Waals surface area contributed by atoms with Gasteiger partial charge in [-0.25, -0.2) is 9.59 Å². The predicted octanol–water partition coefficient (Wildman–Crippen LogP) is -0.644. The average molecular weight is 273 g/mol. The third kappa shape index (κ3) is 7.24. The summed E-state index contributed by atoms with van der Waals surface area (Å²) in [7, 11) is 0. The minimum absolute atomic E-state index is 0.408.